The van der Waals surface area contributed by atoms with Gasteiger partial charge in [0.2, 0.25) is 0 Å². The van der Waals surface area contributed by atoms with E-state index in [-0.39, 0.29) is 23.5 Å². The van der Waals surface area contributed by atoms with Crippen LogP contribution in [0.1, 0.15) is 10.4 Å². The summed E-state index contributed by atoms with van der Waals surface area (Å²) < 4.78 is 0.857. The molecule has 0 aliphatic heterocycles. The predicted molar refractivity (Wildman–Crippen MR) is 71.7 cm³/mol. The largest absolute Gasteiger partial charge is 0.339 e. The number of nitrogens with zero attached hydrogens (tertiary/aromatic N) is 2. The summed E-state index contributed by atoms with van der Waals surface area (Å²) >= 11 is 0. The predicted octanol–water partition coefficient (Wildman–Crippen LogP) is 0.296. The number of imidazole rings is 1. The first kappa shape index (κ1) is 12.1. The number of hydrogen-bond acceptors (Lipinski definition) is 4. The molecular weight excluding hydrogens is 260 g/mol. The van der Waals surface area contributed by atoms with Gasteiger partial charge in [-0.15, -0.1) is 0 Å². The summed E-state index contributed by atoms with van der Waals surface area (Å²) in [5.74, 6) is -0.308. The number of aromatic nitrogens is 4. The minimum absolute atomic E-state index is 0.172. The van der Waals surface area contributed by atoms with Crippen LogP contribution in [-0.4, -0.2) is 25.3 Å². The van der Waals surface area contributed by atoms with E-state index in [9.17, 15) is 14.4 Å². The molecule has 0 spiro atoms. The highest BCUT2D eigenvalue weighted by Crippen LogP contribution is 2.01. The molecule has 2 heterocycles. The summed E-state index contributed by atoms with van der Waals surface area (Å²) in [7, 11) is 0. The lowest BCUT2D eigenvalue weighted by Gasteiger charge is -2.03. The number of carbonyl (C=O) groups is 1. The molecule has 0 bridgehead atoms. The number of aromatic amines is 2. The van der Waals surface area contributed by atoms with Crippen LogP contribution in [0.25, 0.3) is 11.2 Å². The third-order valence-corrected chi connectivity index (χ3v) is 2.97. The first-order valence-electron chi connectivity index (χ1n) is 5.91. The fourth-order valence-corrected chi connectivity index (χ4v) is 1.95. The van der Waals surface area contributed by atoms with Crippen LogP contribution in [0.2, 0.25) is 0 Å². The summed E-state index contributed by atoms with van der Waals surface area (Å²) in [6, 6.07) is 8.50. The van der Waals surface area contributed by atoms with Crippen molar-refractivity contribution in [2.45, 2.75) is 6.54 Å². The number of H-pyrrole nitrogens is 2. The minimum atomic E-state index is -0.654. The Labute approximate surface area is 111 Å². The number of Topliss-reactive ketones (excluding diaryl/α,β-unsaturated/α-hetero) is 1. The second-order valence-corrected chi connectivity index (χ2v) is 4.24. The van der Waals surface area contributed by atoms with E-state index in [1.54, 1.807) is 30.3 Å². The number of carbonyl (C=O) groups excluding carboxylic acids is 1. The van der Waals surface area contributed by atoms with Crippen LogP contribution < -0.4 is 11.2 Å². The second kappa shape index (κ2) is 4.61. The van der Waals surface area contributed by atoms with Gasteiger partial charge in [-0.25, -0.2) is 9.78 Å². The molecule has 2 aromatic heterocycles. The smallest absolute Gasteiger partial charge is 0.330 e. The second-order valence-electron chi connectivity index (χ2n) is 4.24. The van der Waals surface area contributed by atoms with Gasteiger partial charge in [-0.3, -0.25) is 19.1 Å². The molecule has 100 valence electrons. The van der Waals surface area contributed by atoms with Crippen molar-refractivity contribution in [3.05, 3.63) is 63.1 Å². The van der Waals surface area contributed by atoms with Crippen LogP contribution >= 0.6 is 0 Å². The van der Waals surface area contributed by atoms with E-state index in [1.165, 1.54) is 6.33 Å². The molecule has 0 fully saturated rings. The SMILES string of the molecule is O=C(Cn1c(=O)[nH]c2nc[nH]c2c1=O)c1ccccc1. The van der Waals surface area contributed by atoms with Crippen LogP contribution in [0, 0.1) is 0 Å². The van der Waals surface area contributed by atoms with Gasteiger partial charge in [0.05, 0.1) is 12.9 Å². The molecule has 0 amide bonds. The van der Waals surface area contributed by atoms with E-state index in [4.69, 9.17) is 0 Å². The lowest BCUT2D eigenvalue weighted by Crippen LogP contribution is -2.37. The van der Waals surface area contributed by atoms with Gasteiger partial charge in [-0.2, -0.15) is 0 Å². The van der Waals surface area contributed by atoms with Crippen molar-refractivity contribution >= 4 is 16.9 Å². The zero-order chi connectivity index (χ0) is 14.1. The number of fused-ring (bicyclic) bond motifs is 1. The molecule has 3 rings (SSSR count). The van der Waals surface area contributed by atoms with Gasteiger partial charge in [0.1, 0.15) is 5.52 Å². The Balaban J connectivity index is 2.05. The molecule has 7 heteroatoms. The maximum Gasteiger partial charge on any atom is 0.330 e. The van der Waals surface area contributed by atoms with Crippen LogP contribution in [-0.2, 0) is 6.54 Å². The highest BCUT2D eigenvalue weighted by atomic mass is 16.2. The van der Waals surface area contributed by atoms with Gasteiger partial charge < -0.3 is 4.98 Å². The molecule has 1 aromatic carbocycles. The summed E-state index contributed by atoms with van der Waals surface area (Å²) in [6.45, 7) is -0.312. The topological polar surface area (TPSA) is 101 Å². The van der Waals surface area contributed by atoms with Crippen molar-refractivity contribution in [2.24, 2.45) is 0 Å². The van der Waals surface area contributed by atoms with Gasteiger partial charge in [0.15, 0.2) is 11.4 Å². The highest BCUT2D eigenvalue weighted by molar-refractivity contribution is 5.95. The zero-order valence-corrected chi connectivity index (χ0v) is 10.3. The van der Waals surface area contributed by atoms with Crippen LogP contribution in [0.15, 0.2) is 46.2 Å². The number of ketones is 1. The maximum atomic E-state index is 12.1. The molecule has 0 aliphatic carbocycles. The van der Waals surface area contributed by atoms with E-state index in [0.717, 1.165) is 4.57 Å². The first-order valence-corrected chi connectivity index (χ1v) is 5.91. The van der Waals surface area contributed by atoms with Crippen LogP contribution in [0.3, 0.4) is 0 Å². The molecule has 0 radical (unpaired) electrons. The van der Waals surface area contributed by atoms with E-state index >= 15 is 0 Å². The third kappa shape index (κ3) is 1.95. The van der Waals surface area contributed by atoms with Crippen molar-refractivity contribution < 1.29 is 4.79 Å². The van der Waals surface area contributed by atoms with Crippen LogP contribution in [0.5, 0.6) is 0 Å². The fourth-order valence-electron chi connectivity index (χ4n) is 1.95. The quantitative estimate of drug-likeness (QED) is 0.668. The average molecular weight is 270 g/mol. The average Bonchev–Trinajstić information content (AvgIpc) is 2.92. The Kier molecular flexibility index (Phi) is 2.79. The normalized spacial score (nSPS) is 10.8. The van der Waals surface area contributed by atoms with E-state index < -0.39 is 11.2 Å². The maximum absolute atomic E-state index is 12.1. The molecule has 0 aliphatic rings. The number of nitrogens with one attached hydrogen (secondary N) is 2. The molecule has 2 N–H and O–H groups in total. The van der Waals surface area contributed by atoms with Gasteiger partial charge >= 0.3 is 5.69 Å². The monoisotopic (exact) mass is 270 g/mol. The van der Waals surface area contributed by atoms with Crippen molar-refractivity contribution in [1.29, 1.82) is 0 Å². The Bertz CT molecular complexity index is 889. The standard InChI is InChI=1S/C13H10N4O3/c18-9(8-4-2-1-3-5-8)6-17-12(19)10-11(15-7-14-10)16-13(17)20/h1-5,7H,6H2,(H,14,15)(H,16,20). The molecule has 20 heavy (non-hydrogen) atoms. The van der Waals surface area contributed by atoms with Crippen molar-refractivity contribution in [1.82, 2.24) is 19.5 Å². The molecule has 0 saturated carbocycles. The van der Waals surface area contributed by atoms with Crippen molar-refractivity contribution in [2.75, 3.05) is 0 Å². The minimum Gasteiger partial charge on any atom is -0.339 e. The Hall–Kier alpha value is -2.96. The summed E-state index contributed by atoms with van der Waals surface area (Å²) in [6.07, 6.45) is 1.31. The number of benzene rings is 1. The molecule has 0 saturated heterocycles. The molecule has 0 atom stereocenters. The fraction of sp³-hybridized carbons (Fsp3) is 0.0769. The van der Waals surface area contributed by atoms with Gasteiger partial charge in [0, 0.05) is 5.56 Å². The molecule has 0 unspecified atom stereocenters. The van der Waals surface area contributed by atoms with E-state index in [0.29, 0.717) is 5.56 Å². The van der Waals surface area contributed by atoms with E-state index in [1.807, 2.05) is 0 Å². The summed E-state index contributed by atoms with van der Waals surface area (Å²) in [5, 5.41) is 0. The van der Waals surface area contributed by atoms with E-state index in [2.05, 4.69) is 15.0 Å². The molecule has 7 nitrogen and oxygen atoms in total. The van der Waals surface area contributed by atoms with Crippen molar-refractivity contribution in [3.63, 3.8) is 0 Å². The Morgan fingerprint density at radius 3 is 2.70 bits per heavy atom. The van der Waals surface area contributed by atoms with Gasteiger partial charge in [-0.05, 0) is 0 Å². The highest BCUT2D eigenvalue weighted by Gasteiger charge is 2.13. The van der Waals surface area contributed by atoms with Crippen LogP contribution in [0.4, 0.5) is 0 Å². The lowest BCUT2D eigenvalue weighted by atomic mass is 10.1. The number of hydrogen-bond donors (Lipinski definition) is 2. The summed E-state index contributed by atoms with van der Waals surface area (Å²) in [4.78, 5) is 44.9. The zero-order valence-electron chi connectivity index (χ0n) is 10.3. The summed E-state index contributed by atoms with van der Waals surface area (Å²) in [5.41, 5.74) is -0.415. The Morgan fingerprint density at radius 2 is 1.95 bits per heavy atom. The number of rotatable bonds is 3. The lowest BCUT2D eigenvalue weighted by molar-refractivity contribution is 0.0969. The molecule has 3 aromatic rings. The van der Waals surface area contributed by atoms with Crippen molar-refractivity contribution in [3.8, 4) is 0 Å². The third-order valence-electron chi connectivity index (χ3n) is 2.97. The molecular formula is C13H10N4O3. The van der Waals surface area contributed by atoms with Gasteiger partial charge in [-0.1, -0.05) is 30.3 Å². The van der Waals surface area contributed by atoms with Gasteiger partial charge in [0.25, 0.3) is 5.56 Å². The Morgan fingerprint density at radius 1 is 1.20 bits per heavy atom. The first-order chi connectivity index (χ1) is 9.66.